The Hall–Kier alpha value is -3.67. The molecule has 3 aromatic rings. The third-order valence-corrected chi connectivity index (χ3v) is 4.62. The van der Waals surface area contributed by atoms with Crippen LogP contribution in [0.1, 0.15) is 16.2 Å². The molecule has 0 radical (unpaired) electrons. The van der Waals surface area contributed by atoms with Crippen molar-refractivity contribution in [1.29, 1.82) is 0 Å². The highest BCUT2D eigenvalue weighted by atomic mass is 19.4. The van der Waals surface area contributed by atoms with Gasteiger partial charge in [-0.3, -0.25) is 14.3 Å². The van der Waals surface area contributed by atoms with E-state index in [0.717, 1.165) is 25.3 Å². The molecule has 1 N–H and O–H groups in total. The van der Waals surface area contributed by atoms with Crippen LogP contribution in [-0.4, -0.2) is 73.7 Å². The second-order valence-electron chi connectivity index (χ2n) is 6.77. The molecule has 0 saturated carbocycles. The summed E-state index contributed by atoms with van der Waals surface area (Å²) in [6.07, 6.45) is 1.90. The number of furan rings is 1. The highest BCUT2D eigenvalue weighted by molar-refractivity contribution is 5.91. The van der Waals surface area contributed by atoms with Gasteiger partial charge in [0.05, 0.1) is 6.26 Å². The molecule has 9 nitrogen and oxygen atoms in total. The van der Waals surface area contributed by atoms with E-state index in [1.54, 1.807) is 24.5 Å². The molecule has 1 aliphatic heterocycles. The number of aliphatic carboxylic acids is 1. The molecule has 1 aliphatic rings. The van der Waals surface area contributed by atoms with Crippen molar-refractivity contribution >= 4 is 11.9 Å². The van der Waals surface area contributed by atoms with Crippen LogP contribution in [0.4, 0.5) is 13.2 Å². The fraction of sp³-hybridized carbons (Fsp3) is 0.300. The minimum Gasteiger partial charge on any atom is -0.475 e. The summed E-state index contributed by atoms with van der Waals surface area (Å²) in [5.74, 6) is -1.71. The average Bonchev–Trinajstić information content (AvgIpc) is 3.47. The first kappa shape index (κ1) is 23.0. The summed E-state index contributed by atoms with van der Waals surface area (Å²) in [5.41, 5.74) is 1.14. The van der Waals surface area contributed by atoms with Crippen molar-refractivity contribution in [2.24, 2.45) is 0 Å². The van der Waals surface area contributed by atoms with Crippen molar-refractivity contribution in [2.75, 3.05) is 26.2 Å². The first-order valence-electron chi connectivity index (χ1n) is 9.54. The molecule has 3 aromatic heterocycles. The number of nitrogens with zero attached hydrogens (tertiary/aromatic N) is 5. The summed E-state index contributed by atoms with van der Waals surface area (Å²) in [6.45, 7) is 3.85. The second-order valence-corrected chi connectivity index (χ2v) is 6.77. The third kappa shape index (κ3) is 5.94. The minimum absolute atomic E-state index is 0.0364. The molecular formula is C20H20F3N5O4. The van der Waals surface area contributed by atoms with Crippen molar-refractivity contribution in [3.05, 3.63) is 66.6 Å². The number of piperazine rings is 1. The molecule has 0 spiro atoms. The van der Waals surface area contributed by atoms with Gasteiger partial charge in [-0.1, -0.05) is 0 Å². The van der Waals surface area contributed by atoms with Gasteiger partial charge in [0, 0.05) is 57.0 Å². The Balaban J connectivity index is 0.000000360. The van der Waals surface area contributed by atoms with Crippen molar-refractivity contribution < 1.29 is 32.3 Å². The molecule has 1 saturated heterocycles. The van der Waals surface area contributed by atoms with Crippen molar-refractivity contribution in [1.82, 2.24) is 24.3 Å². The lowest BCUT2D eigenvalue weighted by atomic mass is 10.2. The van der Waals surface area contributed by atoms with Crippen LogP contribution in [0.2, 0.25) is 0 Å². The van der Waals surface area contributed by atoms with Gasteiger partial charge in [-0.05, 0) is 30.3 Å². The van der Waals surface area contributed by atoms with Gasteiger partial charge in [0.25, 0.3) is 5.91 Å². The lowest BCUT2D eigenvalue weighted by molar-refractivity contribution is -0.192. The third-order valence-electron chi connectivity index (χ3n) is 4.62. The van der Waals surface area contributed by atoms with Gasteiger partial charge in [0.2, 0.25) is 5.95 Å². The largest absolute Gasteiger partial charge is 0.490 e. The highest BCUT2D eigenvalue weighted by Gasteiger charge is 2.38. The Morgan fingerprint density at radius 2 is 1.69 bits per heavy atom. The zero-order valence-corrected chi connectivity index (χ0v) is 16.8. The van der Waals surface area contributed by atoms with E-state index in [1.165, 1.54) is 6.26 Å². The van der Waals surface area contributed by atoms with Gasteiger partial charge in [0.15, 0.2) is 5.76 Å². The fourth-order valence-corrected chi connectivity index (χ4v) is 3.05. The van der Waals surface area contributed by atoms with Gasteiger partial charge in [-0.15, -0.1) is 0 Å². The summed E-state index contributed by atoms with van der Waals surface area (Å²) < 4.78 is 38.9. The molecular weight excluding hydrogens is 431 g/mol. The van der Waals surface area contributed by atoms with Gasteiger partial charge < -0.3 is 14.4 Å². The van der Waals surface area contributed by atoms with Gasteiger partial charge in [-0.25, -0.2) is 14.8 Å². The molecule has 1 amide bonds. The summed E-state index contributed by atoms with van der Waals surface area (Å²) in [7, 11) is 0. The number of hydrogen-bond acceptors (Lipinski definition) is 6. The zero-order valence-electron chi connectivity index (χ0n) is 16.8. The van der Waals surface area contributed by atoms with E-state index < -0.39 is 12.1 Å². The molecule has 0 aliphatic carbocycles. The molecule has 0 bridgehead atoms. The number of hydrogen-bond donors (Lipinski definition) is 1. The topological polar surface area (TPSA) is 105 Å². The standard InChI is InChI=1S/C18H19N5O2.C2HF3O2/c24-17(16-5-2-13-25-16)22-11-9-21(10-12-22)14-15-4-1-8-23(15)18-19-6-3-7-20-18;3-2(4,5)1(6)7/h1-8,13H,9-12,14H2;(H,6,7). The molecule has 1 fully saturated rings. The van der Waals surface area contributed by atoms with E-state index in [9.17, 15) is 18.0 Å². The summed E-state index contributed by atoms with van der Waals surface area (Å²) >= 11 is 0. The van der Waals surface area contributed by atoms with Gasteiger partial charge in [0.1, 0.15) is 0 Å². The summed E-state index contributed by atoms with van der Waals surface area (Å²) in [6, 6.07) is 9.34. The van der Waals surface area contributed by atoms with Crippen molar-refractivity contribution in [3.63, 3.8) is 0 Å². The number of carboxylic acid groups (broad SMARTS) is 1. The maximum absolute atomic E-state index is 12.3. The Morgan fingerprint density at radius 1 is 1.03 bits per heavy atom. The van der Waals surface area contributed by atoms with Crippen LogP contribution in [0.5, 0.6) is 0 Å². The maximum Gasteiger partial charge on any atom is 0.490 e. The number of alkyl halides is 3. The highest BCUT2D eigenvalue weighted by Crippen LogP contribution is 2.15. The lowest BCUT2D eigenvalue weighted by Crippen LogP contribution is -2.48. The second kappa shape index (κ2) is 10.1. The number of carboxylic acids is 1. The molecule has 12 heteroatoms. The molecule has 0 atom stereocenters. The van der Waals surface area contributed by atoms with E-state index >= 15 is 0 Å². The van der Waals surface area contributed by atoms with Crippen LogP contribution in [0.25, 0.3) is 5.95 Å². The SMILES string of the molecule is O=C(O)C(F)(F)F.O=C(c1ccco1)N1CCN(Cc2cccn2-c2ncccn2)CC1. The lowest BCUT2D eigenvalue weighted by Gasteiger charge is -2.34. The monoisotopic (exact) mass is 451 g/mol. The number of carbonyl (C=O) groups excluding carboxylic acids is 1. The molecule has 4 heterocycles. The summed E-state index contributed by atoms with van der Waals surface area (Å²) in [4.78, 5) is 34.0. The Labute approximate surface area is 180 Å². The average molecular weight is 451 g/mol. The van der Waals surface area contributed by atoms with Crippen molar-refractivity contribution in [3.8, 4) is 5.95 Å². The normalized spacial score (nSPS) is 14.5. The predicted molar refractivity (Wildman–Crippen MR) is 105 cm³/mol. The quantitative estimate of drug-likeness (QED) is 0.650. The smallest absolute Gasteiger partial charge is 0.475 e. The predicted octanol–water partition coefficient (Wildman–Crippen LogP) is 2.45. The van der Waals surface area contributed by atoms with E-state index in [4.69, 9.17) is 14.3 Å². The fourth-order valence-electron chi connectivity index (χ4n) is 3.05. The molecule has 0 unspecified atom stereocenters. The van der Waals surface area contributed by atoms with Crippen LogP contribution in [0, 0.1) is 0 Å². The Bertz CT molecular complexity index is 1010. The Morgan fingerprint density at radius 3 is 2.25 bits per heavy atom. The first-order valence-corrected chi connectivity index (χ1v) is 9.54. The first-order chi connectivity index (χ1) is 15.3. The molecule has 32 heavy (non-hydrogen) atoms. The van der Waals surface area contributed by atoms with Crippen LogP contribution in [-0.2, 0) is 11.3 Å². The number of rotatable bonds is 4. The van der Waals surface area contributed by atoms with E-state index in [2.05, 4.69) is 20.9 Å². The Kier molecular flexibility index (Phi) is 7.25. The molecule has 4 rings (SSSR count). The van der Waals surface area contributed by atoms with Crippen molar-refractivity contribution in [2.45, 2.75) is 12.7 Å². The number of carbonyl (C=O) groups is 2. The van der Waals surface area contributed by atoms with E-state index in [1.807, 2.05) is 27.8 Å². The van der Waals surface area contributed by atoms with Crippen LogP contribution in [0.15, 0.2) is 59.6 Å². The van der Waals surface area contributed by atoms with Crippen LogP contribution >= 0.6 is 0 Å². The molecule has 0 aromatic carbocycles. The maximum atomic E-state index is 12.3. The zero-order chi connectivity index (χ0) is 23.1. The summed E-state index contributed by atoms with van der Waals surface area (Å²) in [5, 5.41) is 7.12. The number of amides is 1. The molecule has 170 valence electrons. The van der Waals surface area contributed by atoms with Crippen LogP contribution < -0.4 is 0 Å². The van der Waals surface area contributed by atoms with Gasteiger partial charge in [-0.2, -0.15) is 13.2 Å². The van der Waals surface area contributed by atoms with E-state index in [-0.39, 0.29) is 5.91 Å². The number of aromatic nitrogens is 3. The number of halogens is 3. The van der Waals surface area contributed by atoms with E-state index in [0.29, 0.717) is 24.8 Å². The minimum atomic E-state index is -5.08. The van der Waals surface area contributed by atoms with Gasteiger partial charge >= 0.3 is 12.1 Å². The van der Waals surface area contributed by atoms with Crippen LogP contribution in [0.3, 0.4) is 0 Å².